The Hall–Kier alpha value is -1.12. The third-order valence-electron chi connectivity index (χ3n) is 2.13. The van der Waals surface area contributed by atoms with E-state index in [1.165, 1.54) is 6.08 Å². The molecule has 0 aliphatic carbocycles. The van der Waals surface area contributed by atoms with Gasteiger partial charge in [-0.05, 0) is 38.7 Å². The topological polar surface area (TPSA) is 26.3 Å². The Kier molecular flexibility index (Phi) is 8.49. The van der Waals surface area contributed by atoms with Gasteiger partial charge < -0.3 is 4.74 Å². The van der Waals surface area contributed by atoms with Crippen molar-refractivity contribution < 1.29 is 13.9 Å². The third kappa shape index (κ3) is 8.21. The molecule has 3 heteroatoms. The Balaban J connectivity index is 3.59. The van der Waals surface area contributed by atoms with Crippen LogP contribution in [-0.2, 0) is 9.53 Å². The van der Waals surface area contributed by atoms with Gasteiger partial charge in [0.2, 0.25) is 0 Å². The fourth-order valence-corrected chi connectivity index (χ4v) is 1.25. The number of halogens is 1. The highest BCUT2D eigenvalue weighted by Crippen LogP contribution is 2.13. The Morgan fingerprint density at radius 1 is 1.31 bits per heavy atom. The fraction of sp³-hybridized carbons (Fsp3) is 0.615. The molecule has 0 saturated heterocycles. The van der Waals surface area contributed by atoms with Crippen molar-refractivity contribution in [3.63, 3.8) is 0 Å². The molecule has 0 aromatic rings. The first-order valence-corrected chi connectivity index (χ1v) is 5.79. The van der Waals surface area contributed by atoms with Gasteiger partial charge in [-0.1, -0.05) is 19.1 Å². The standard InChI is InChI=1S/C13H21FO2/c1-4-12(14)10-11(3)8-6-7-9-13(15)16-5-2/h10H,3-9H2,1-2H3. The minimum atomic E-state index is -0.164. The highest BCUT2D eigenvalue weighted by Gasteiger charge is 2.01. The van der Waals surface area contributed by atoms with E-state index in [2.05, 4.69) is 6.58 Å². The lowest BCUT2D eigenvalue weighted by atomic mass is 10.1. The number of hydrogen-bond acceptors (Lipinski definition) is 2. The lowest BCUT2D eigenvalue weighted by Gasteiger charge is -2.02. The largest absolute Gasteiger partial charge is 0.466 e. The SMILES string of the molecule is C=C(C=C(F)CC)CCCCC(=O)OCC. The van der Waals surface area contributed by atoms with Crippen LogP contribution in [0.25, 0.3) is 0 Å². The second kappa shape index (κ2) is 9.13. The molecular formula is C13H21FO2. The van der Waals surface area contributed by atoms with E-state index in [1.54, 1.807) is 13.8 Å². The molecule has 92 valence electrons. The molecule has 0 saturated carbocycles. The molecule has 0 atom stereocenters. The van der Waals surface area contributed by atoms with Gasteiger partial charge >= 0.3 is 5.97 Å². The number of unbranched alkanes of at least 4 members (excludes halogenated alkanes) is 1. The second-order valence-corrected chi connectivity index (χ2v) is 3.62. The zero-order chi connectivity index (χ0) is 12.4. The molecule has 0 aromatic heterocycles. The maximum absolute atomic E-state index is 12.8. The Morgan fingerprint density at radius 3 is 2.50 bits per heavy atom. The van der Waals surface area contributed by atoms with Crippen LogP contribution in [0.15, 0.2) is 24.1 Å². The molecule has 2 nitrogen and oxygen atoms in total. The molecule has 16 heavy (non-hydrogen) atoms. The van der Waals surface area contributed by atoms with Gasteiger partial charge in [0.15, 0.2) is 0 Å². The average molecular weight is 228 g/mol. The number of carbonyl (C=O) groups is 1. The molecule has 0 amide bonds. The molecule has 0 spiro atoms. The van der Waals surface area contributed by atoms with E-state index >= 15 is 0 Å². The molecular weight excluding hydrogens is 207 g/mol. The van der Waals surface area contributed by atoms with Crippen LogP contribution in [0.5, 0.6) is 0 Å². The van der Waals surface area contributed by atoms with Crippen molar-refractivity contribution in [3.05, 3.63) is 24.1 Å². The van der Waals surface area contributed by atoms with Gasteiger partial charge in [-0.15, -0.1) is 0 Å². The maximum atomic E-state index is 12.8. The van der Waals surface area contributed by atoms with Crippen LogP contribution in [0.2, 0.25) is 0 Å². The molecule has 0 aliphatic rings. The van der Waals surface area contributed by atoms with Crippen molar-refractivity contribution in [1.29, 1.82) is 0 Å². The summed E-state index contributed by atoms with van der Waals surface area (Å²) in [7, 11) is 0. The molecule has 0 aliphatic heterocycles. The minimum absolute atomic E-state index is 0.143. The summed E-state index contributed by atoms with van der Waals surface area (Å²) in [6, 6.07) is 0. The van der Waals surface area contributed by atoms with E-state index in [9.17, 15) is 9.18 Å². The summed E-state index contributed by atoms with van der Waals surface area (Å²) in [6.45, 7) is 7.74. The van der Waals surface area contributed by atoms with Crippen LogP contribution in [-0.4, -0.2) is 12.6 Å². The molecule has 0 bridgehead atoms. The Morgan fingerprint density at radius 2 is 1.94 bits per heavy atom. The lowest BCUT2D eigenvalue weighted by molar-refractivity contribution is -0.143. The van der Waals surface area contributed by atoms with Gasteiger partial charge in [0.05, 0.1) is 12.4 Å². The molecule has 0 unspecified atom stereocenters. The van der Waals surface area contributed by atoms with E-state index < -0.39 is 0 Å². The normalized spacial score (nSPS) is 11.3. The predicted molar refractivity (Wildman–Crippen MR) is 63.7 cm³/mol. The van der Waals surface area contributed by atoms with Crippen LogP contribution < -0.4 is 0 Å². The summed E-state index contributed by atoms with van der Waals surface area (Å²) < 4.78 is 17.6. The summed E-state index contributed by atoms with van der Waals surface area (Å²) in [5.41, 5.74) is 0.781. The van der Waals surface area contributed by atoms with Gasteiger partial charge in [-0.2, -0.15) is 0 Å². The summed E-state index contributed by atoms with van der Waals surface area (Å²) in [5.74, 6) is -0.307. The fourth-order valence-electron chi connectivity index (χ4n) is 1.25. The molecule has 0 radical (unpaired) electrons. The molecule has 0 N–H and O–H groups in total. The minimum Gasteiger partial charge on any atom is -0.466 e. The van der Waals surface area contributed by atoms with Gasteiger partial charge in [0.1, 0.15) is 0 Å². The predicted octanol–water partition coefficient (Wildman–Crippen LogP) is 3.93. The van der Waals surface area contributed by atoms with E-state index in [1.807, 2.05) is 0 Å². The van der Waals surface area contributed by atoms with Crippen molar-refractivity contribution in [1.82, 2.24) is 0 Å². The van der Waals surface area contributed by atoms with E-state index in [-0.39, 0.29) is 11.8 Å². The van der Waals surface area contributed by atoms with Crippen molar-refractivity contribution in [2.24, 2.45) is 0 Å². The van der Waals surface area contributed by atoms with E-state index in [0.717, 1.165) is 24.8 Å². The first-order valence-electron chi connectivity index (χ1n) is 5.79. The number of ether oxygens (including phenoxy) is 1. The van der Waals surface area contributed by atoms with Crippen molar-refractivity contribution in [2.75, 3.05) is 6.61 Å². The number of esters is 1. The molecule has 0 rings (SSSR count). The van der Waals surface area contributed by atoms with Gasteiger partial charge in [-0.25, -0.2) is 4.39 Å². The average Bonchev–Trinajstić information content (AvgIpc) is 2.24. The highest BCUT2D eigenvalue weighted by molar-refractivity contribution is 5.69. The van der Waals surface area contributed by atoms with Gasteiger partial charge in [0.25, 0.3) is 0 Å². The van der Waals surface area contributed by atoms with Crippen LogP contribution in [0.4, 0.5) is 4.39 Å². The number of hydrogen-bond donors (Lipinski definition) is 0. The summed E-state index contributed by atoms with van der Waals surface area (Å²) in [4.78, 5) is 11.0. The summed E-state index contributed by atoms with van der Waals surface area (Å²) in [5, 5.41) is 0. The zero-order valence-electron chi connectivity index (χ0n) is 10.2. The maximum Gasteiger partial charge on any atom is 0.305 e. The lowest BCUT2D eigenvalue weighted by Crippen LogP contribution is -2.03. The number of allylic oxidation sites excluding steroid dienone is 3. The molecule has 0 fully saturated rings. The Labute approximate surface area is 97.2 Å². The third-order valence-corrected chi connectivity index (χ3v) is 2.13. The smallest absolute Gasteiger partial charge is 0.305 e. The van der Waals surface area contributed by atoms with Crippen LogP contribution >= 0.6 is 0 Å². The van der Waals surface area contributed by atoms with E-state index in [4.69, 9.17) is 4.74 Å². The second-order valence-electron chi connectivity index (χ2n) is 3.62. The first kappa shape index (κ1) is 14.9. The highest BCUT2D eigenvalue weighted by atomic mass is 19.1. The number of carbonyl (C=O) groups excluding carboxylic acids is 1. The van der Waals surface area contributed by atoms with Crippen LogP contribution in [0.3, 0.4) is 0 Å². The summed E-state index contributed by atoms with van der Waals surface area (Å²) >= 11 is 0. The van der Waals surface area contributed by atoms with Crippen molar-refractivity contribution in [3.8, 4) is 0 Å². The van der Waals surface area contributed by atoms with Crippen LogP contribution in [0.1, 0.15) is 46.0 Å². The molecule has 0 aromatic carbocycles. The van der Waals surface area contributed by atoms with Crippen molar-refractivity contribution in [2.45, 2.75) is 46.0 Å². The van der Waals surface area contributed by atoms with Crippen molar-refractivity contribution >= 4 is 5.97 Å². The first-order chi connectivity index (χ1) is 7.60. The quantitative estimate of drug-likeness (QED) is 0.357. The monoisotopic (exact) mass is 228 g/mol. The van der Waals surface area contributed by atoms with Crippen LogP contribution in [0, 0.1) is 0 Å². The van der Waals surface area contributed by atoms with E-state index in [0.29, 0.717) is 19.4 Å². The Bertz CT molecular complexity index is 257. The molecule has 0 heterocycles. The summed E-state index contributed by atoms with van der Waals surface area (Å²) in [6.07, 6.45) is 4.64. The zero-order valence-corrected chi connectivity index (χ0v) is 10.2. The van der Waals surface area contributed by atoms with Gasteiger partial charge in [0, 0.05) is 6.42 Å². The number of rotatable bonds is 8. The van der Waals surface area contributed by atoms with Gasteiger partial charge in [-0.3, -0.25) is 4.79 Å².